The summed E-state index contributed by atoms with van der Waals surface area (Å²) in [4.78, 5) is 26.1. The third kappa shape index (κ3) is 5.78. The summed E-state index contributed by atoms with van der Waals surface area (Å²) >= 11 is 0. The van der Waals surface area contributed by atoms with Crippen molar-refractivity contribution >= 4 is 23.4 Å². The fraction of sp³-hybridized carbons (Fsp3) is 0.480. The minimum absolute atomic E-state index is 0.161. The molecule has 2 aliphatic rings. The largest absolute Gasteiger partial charge is 0.353 e. The van der Waals surface area contributed by atoms with E-state index in [1.54, 1.807) is 0 Å². The van der Waals surface area contributed by atoms with Gasteiger partial charge < -0.3 is 20.4 Å². The van der Waals surface area contributed by atoms with Crippen LogP contribution in [0.25, 0.3) is 0 Å². The molecule has 2 heterocycles. The Bertz CT molecular complexity index is 902. The highest BCUT2D eigenvalue weighted by atomic mass is 16.1. The number of nitrogens with zero attached hydrogens (tertiary/aromatic N) is 4. The van der Waals surface area contributed by atoms with Gasteiger partial charge in [0.05, 0.1) is 0 Å². The quantitative estimate of drug-likeness (QED) is 0.557. The standard InChI is InChI=1S/C25H34N6O/c1-26-25(31-16-14-30(15-17-31)23-12-5-6-13-27-23)28-19-20-8-7-11-22(18-20)29-24(32)21-9-3-2-4-10-21/h5-8,11-13,18,21H,2-4,9-10,14-17,19H2,1H3,(H,26,28)(H,29,32). The van der Waals surface area contributed by atoms with Gasteiger partial charge >= 0.3 is 0 Å². The number of piperazine rings is 1. The number of aliphatic imine (C=N–C) groups is 1. The number of pyridine rings is 1. The molecule has 0 spiro atoms. The molecule has 2 fully saturated rings. The first-order valence-corrected chi connectivity index (χ1v) is 11.7. The second-order valence-corrected chi connectivity index (χ2v) is 8.59. The molecule has 0 radical (unpaired) electrons. The molecule has 7 heteroatoms. The Hall–Kier alpha value is -3.09. The van der Waals surface area contributed by atoms with Crippen molar-refractivity contribution in [1.29, 1.82) is 0 Å². The van der Waals surface area contributed by atoms with Gasteiger partial charge in [0.15, 0.2) is 5.96 Å². The summed E-state index contributed by atoms with van der Waals surface area (Å²) in [5, 5.41) is 6.60. The maximum Gasteiger partial charge on any atom is 0.227 e. The van der Waals surface area contributed by atoms with Crippen LogP contribution in [0.15, 0.2) is 53.7 Å². The molecular formula is C25H34N6O. The Balaban J connectivity index is 1.28. The summed E-state index contributed by atoms with van der Waals surface area (Å²) in [6, 6.07) is 14.1. The normalized spacial score (nSPS) is 17.8. The van der Waals surface area contributed by atoms with Gasteiger partial charge in [-0.05, 0) is 42.7 Å². The number of aromatic nitrogens is 1. The number of rotatable bonds is 5. The Labute approximate surface area is 190 Å². The van der Waals surface area contributed by atoms with Gasteiger partial charge in [0.1, 0.15) is 5.82 Å². The number of anilines is 2. The predicted octanol–water partition coefficient (Wildman–Crippen LogP) is 3.50. The summed E-state index contributed by atoms with van der Waals surface area (Å²) in [5.74, 6) is 2.26. The van der Waals surface area contributed by atoms with Crippen LogP contribution < -0.4 is 15.5 Å². The molecular weight excluding hydrogens is 400 g/mol. The van der Waals surface area contributed by atoms with Crippen molar-refractivity contribution in [2.45, 2.75) is 38.6 Å². The molecule has 1 aromatic carbocycles. The van der Waals surface area contributed by atoms with Gasteiger partial charge in [-0.15, -0.1) is 0 Å². The molecule has 1 aliphatic carbocycles. The molecule has 0 atom stereocenters. The fourth-order valence-corrected chi connectivity index (χ4v) is 4.57. The average Bonchev–Trinajstić information content (AvgIpc) is 2.86. The Morgan fingerprint density at radius 2 is 1.88 bits per heavy atom. The topological polar surface area (TPSA) is 72.9 Å². The molecule has 2 aromatic rings. The van der Waals surface area contributed by atoms with Crippen molar-refractivity contribution in [1.82, 2.24) is 15.2 Å². The number of amides is 1. The summed E-state index contributed by atoms with van der Waals surface area (Å²) < 4.78 is 0. The third-order valence-corrected chi connectivity index (χ3v) is 6.39. The van der Waals surface area contributed by atoms with Gasteiger partial charge in [0.25, 0.3) is 0 Å². The first-order valence-electron chi connectivity index (χ1n) is 11.7. The number of hydrogen-bond donors (Lipinski definition) is 2. The molecule has 1 aliphatic heterocycles. The van der Waals surface area contributed by atoms with Gasteiger partial charge in [-0.1, -0.05) is 37.5 Å². The Kier molecular flexibility index (Phi) is 7.59. The van der Waals surface area contributed by atoms with E-state index in [1.165, 1.54) is 6.42 Å². The lowest BCUT2D eigenvalue weighted by Crippen LogP contribution is -2.52. The van der Waals surface area contributed by atoms with Crippen LogP contribution in [-0.4, -0.2) is 55.0 Å². The van der Waals surface area contributed by atoms with Gasteiger partial charge in [-0.3, -0.25) is 9.79 Å². The maximum absolute atomic E-state index is 12.6. The molecule has 0 bridgehead atoms. The van der Waals surface area contributed by atoms with Crippen LogP contribution in [0.4, 0.5) is 11.5 Å². The molecule has 1 saturated heterocycles. The summed E-state index contributed by atoms with van der Waals surface area (Å²) in [6.45, 7) is 4.29. The molecule has 2 N–H and O–H groups in total. The highest BCUT2D eigenvalue weighted by molar-refractivity contribution is 5.92. The number of hydrogen-bond acceptors (Lipinski definition) is 4. The average molecular weight is 435 g/mol. The summed E-state index contributed by atoms with van der Waals surface area (Å²) in [6.07, 6.45) is 7.45. The Morgan fingerprint density at radius 1 is 1.06 bits per heavy atom. The lowest BCUT2D eigenvalue weighted by Gasteiger charge is -2.37. The van der Waals surface area contributed by atoms with E-state index in [2.05, 4.69) is 48.6 Å². The third-order valence-electron chi connectivity index (χ3n) is 6.39. The van der Waals surface area contributed by atoms with Gasteiger partial charge in [-0.25, -0.2) is 4.98 Å². The number of guanidine groups is 1. The van der Waals surface area contributed by atoms with Crippen molar-refractivity contribution in [3.05, 3.63) is 54.2 Å². The molecule has 4 rings (SSSR count). The zero-order valence-electron chi connectivity index (χ0n) is 19.0. The second-order valence-electron chi connectivity index (χ2n) is 8.59. The lowest BCUT2D eigenvalue weighted by atomic mass is 9.88. The number of carbonyl (C=O) groups is 1. The van der Waals surface area contributed by atoms with Gasteiger partial charge in [0.2, 0.25) is 5.91 Å². The van der Waals surface area contributed by atoms with Crippen molar-refractivity contribution in [3.8, 4) is 0 Å². The number of carbonyl (C=O) groups excluding carboxylic acids is 1. The molecule has 1 aromatic heterocycles. The maximum atomic E-state index is 12.6. The molecule has 1 saturated carbocycles. The van der Waals surface area contributed by atoms with E-state index in [0.29, 0.717) is 6.54 Å². The van der Waals surface area contributed by atoms with E-state index in [0.717, 1.165) is 74.9 Å². The zero-order chi connectivity index (χ0) is 22.2. The monoisotopic (exact) mass is 434 g/mol. The predicted molar refractivity (Wildman–Crippen MR) is 130 cm³/mol. The molecule has 7 nitrogen and oxygen atoms in total. The first kappa shape index (κ1) is 22.1. The first-order chi connectivity index (χ1) is 15.7. The summed E-state index contributed by atoms with van der Waals surface area (Å²) in [7, 11) is 1.83. The Morgan fingerprint density at radius 3 is 2.59 bits per heavy atom. The molecule has 32 heavy (non-hydrogen) atoms. The number of nitrogens with one attached hydrogen (secondary N) is 2. The van der Waals surface area contributed by atoms with Gasteiger partial charge in [-0.2, -0.15) is 0 Å². The number of benzene rings is 1. The molecule has 1 amide bonds. The van der Waals surface area contributed by atoms with Gasteiger partial charge in [0, 0.05) is 57.6 Å². The smallest absolute Gasteiger partial charge is 0.227 e. The van der Waals surface area contributed by atoms with Crippen LogP contribution in [0, 0.1) is 5.92 Å². The minimum Gasteiger partial charge on any atom is -0.353 e. The van der Waals surface area contributed by atoms with E-state index in [9.17, 15) is 4.79 Å². The lowest BCUT2D eigenvalue weighted by molar-refractivity contribution is -0.120. The minimum atomic E-state index is 0.161. The molecule has 0 unspecified atom stereocenters. The second kappa shape index (κ2) is 11.0. The van der Waals surface area contributed by atoms with E-state index in [-0.39, 0.29) is 11.8 Å². The van der Waals surface area contributed by atoms with Crippen LogP contribution in [0.3, 0.4) is 0 Å². The molecule has 170 valence electrons. The van der Waals surface area contributed by atoms with Crippen LogP contribution in [0.1, 0.15) is 37.7 Å². The van der Waals surface area contributed by atoms with Crippen LogP contribution >= 0.6 is 0 Å². The van der Waals surface area contributed by atoms with E-state index >= 15 is 0 Å². The van der Waals surface area contributed by atoms with E-state index < -0.39 is 0 Å². The fourth-order valence-electron chi connectivity index (χ4n) is 4.57. The van der Waals surface area contributed by atoms with E-state index in [1.807, 2.05) is 37.5 Å². The highest BCUT2D eigenvalue weighted by Gasteiger charge is 2.22. The van der Waals surface area contributed by atoms with Crippen LogP contribution in [0.5, 0.6) is 0 Å². The van der Waals surface area contributed by atoms with Crippen molar-refractivity contribution in [3.63, 3.8) is 0 Å². The van der Waals surface area contributed by atoms with E-state index in [4.69, 9.17) is 0 Å². The van der Waals surface area contributed by atoms with Crippen molar-refractivity contribution in [2.24, 2.45) is 10.9 Å². The van der Waals surface area contributed by atoms with Crippen LogP contribution in [-0.2, 0) is 11.3 Å². The SMILES string of the molecule is CN=C(NCc1cccc(NC(=O)C2CCCCC2)c1)N1CCN(c2ccccn2)CC1. The zero-order valence-corrected chi connectivity index (χ0v) is 19.0. The van der Waals surface area contributed by atoms with Crippen LogP contribution in [0.2, 0.25) is 0 Å². The van der Waals surface area contributed by atoms with Crippen molar-refractivity contribution < 1.29 is 4.79 Å². The highest BCUT2D eigenvalue weighted by Crippen LogP contribution is 2.25. The van der Waals surface area contributed by atoms with Crippen molar-refractivity contribution in [2.75, 3.05) is 43.4 Å². The summed E-state index contributed by atoms with van der Waals surface area (Å²) in [5.41, 5.74) is 2.00.